The highest BCUT2D eigenvalue weighted by Gasteiger charge is 2.16. The van der Waals surface area contributed by atoms with Gasteiger partial charge in [-0.25, -0.2) is 12.7 Å². The van der Waals surface area contributed by atoms with Gasteiger partial charge >= 0.3 is 0 Å². The van der Waals surface area contributed by atoms with Crippen LogP contribution in [0.15, 0.2) is 47.4 Å². The van der Waals surface area contributed by atoms with Gasteiger partial charge in [-0.2, -0.15) is 0 Å². The average molecular weight is 401 g/mol. The molecular formula is C16H17ClN2O6S. The molecule has 0 radical (unpaired) electrons. The van der Waals surface area contributed by atoms with E-state index in [4.69, 9.17) is 21.1 Å². The van der Waals surface area contributed by atoms with Crippen LogP contribution in [0.2, 0.25) is 5.02 Å². The zero-order valence-electron chi connectivity index (χ0n) is 14.1. The Morgan fingerprint density at radius 1 is 1.08 bits per heavy atom. The summed E-state index contributed by atoms with van der Waals surface area (Å²) in [5.74, 6) is 0.800. The number of halogens is 1. The number of benzene rings is 2. The van der Waals surface area contributed by atoms with Crippen LogP contribution in [0, 0.1) is 10.1 Å². The lowest BCUT2D eigenvalue weighted by Crippen LogP contribution is -2.22. The Hall–Kier alpha value is -2.36. The molecule has 0 aliphatic rings. The van der Waals surface area contributed by atoms with Crippen LogP contribution in [0.5, 0.6) is 11.5 Å². The number of non-ortho nitro benzene ring substituents is 1. The van der Waals surface area contributed by atoms with Crippen LogP contribution >= 0.6 is 11.6 Å². The second-order valence-electron chi connectivity index (χ2n) is 5.33. The number of rotatable bonds is 8. The van der Waals surface area contributed by atoms with Gasteiger partial charge in [0.1, 0.15) is 24.7 Å². The van der Waals surface area contributed by atoms with Crippen LogP contribution in [0.1, 0.15) is 0 Å². The van der Waals surface area contributed by atoms with Crippen LogP contribution in [0.25, 0.3) is 0 Å². The van der Waals surface area contributed by atoms with Gasteiger partial charge in [0, 0.05) is 26.2 Å². The van der Waals surface area contributed by atoms with Crippen molar-refractivity contribution in [2.75, 3.05) is 27.3 Å². The first-order chi connectivity index (χ1) is 12.2. The zero-order valence-corrected chi connectivity index (χ0v) is 15.7. The summed E-state index contributed by atoms with van der Waals surface area (Å²) in [6.07, 6.45) is 0. The van der Waals surface area contributed by atoms with Gasteiger partial charge in [0.2, 0.25) is 10.0 Å². The third-order valence-electron chi connectivity index (χ3n) is 3.34. The number of hydrogen-bond acceptors (Lipinski definition) is 6. The minimum absolute atomic E-state index is 0.119. The first kappa shape index (κ1) is 20.0. The summed E-state index contributed by atoms with van der Waals surface area (Å²) in [5, 5.41) is 10.8. The fourth-order valence-corrected chi connectivity index (χ4v) is 3.08. The third kappa shape index (κ3) is 4.84. The predicted molar refractivity (Wildman–Crippen MR) is 96.4 cm³/mol. The van der Waals surface area contributed by atoms with Gasteiger partial charge in [-0.15, -0.1) is 0 Å². The number of sulfonamides is 1. The number of nitro benzene ring substituents is 1. The van der Waals surface area contributed by atoms with Crippen LogP contribution in [-0.2, 0) is 10.0 Å². The largest absolute Gasteiger partial charge is 0.490 e. The molecule has 2 aromatic rings. The number of hydrogen-bond donors (Lipinski definition) is 0. The van der Waals surface area contributed by atoms with E-state index in [9.17, 15) is 18.5 Å². The first-order valence-electron chi connectivity index (χ1n) is 7.44. The minimum atomic E-state index is -3.48. The minimum Gasteiger partial charge on any atom is -0.490 e. The van der Waals surface area contributed by atoms with E-state index in [-0.39, 0.29) is 28.8 Å². The van der Waals surface area contributed by atoms with E-state index < -0.39 is 14.9 Å². The molecule has 0 spiro atoms. The molecule has 140 valence electrons. The lowest BCUT2D eigenvalue weighted by Gasteiger charge is -2.12. The molecule has 0 saturated carbocycles. The summed E-state index contributed by atoms with van der Waals surface area (Å²) in [6, 6.07) is 9.94. The molecule has 0 aliphatic heterocycles. The number of nitro groups is 1. The zero-order chi connectivity index (χ0) is 19.3. The highest BCUT2D eigenvalue weighted by molar-refractivity contribution is 7.89. The van der Waals surface area contributed by atoms with Crippen LogP contribution in [-0.4, -0.2) is 45.0 Å². The smallest absolute Gasteiger partial charge is 0.271 e. The lowest BCUT2D eigenvalue weighted by molar-refractivity contribution is -0.384. The molecule has 0 fully saturated rings. The molecular weight excluding hydrogens is 384 g/mol. The Balaban J connectivity index is 1.88. The van der Waals surface area contributed by atoms with Crippen molar-refractivity contribution in [3.05, 3.63) is 57.6 Å². The van der Waals surface area contributed by atoms with E-state index in [1.54, 1.807) is 12.1 Å². The highest BCUT2D eigenvalue weighted by Crippen LogP contribution is 2.28. The molecule has 0 amide bonds. The summed E-state index contributed by atoms with van der Waals surface area (Å²) in [4.78, 5) is 10.3. The van der Waals surface area contributed by atoms with E-state index in [0.29, 0.717) is 11.5 Å². The molecule has 8 nitrogen and oxygen atoms in total. The van der Waals surface area contributed by atoms with Crippen LogP contribution in [0.3, 0.4) is 0 Å². The Labute approximate surface area is 156 Å². The summed E-state index contributed by atoms with van der Waals surface area (Å²) < 4.78 is 36.0. The SMILES string of the molecule is CN(C)S(=O)(=O)c1ccc(OCCOc2ccc([N+](=O)[O-])cc2Cl)cc1. The van der Waals surface area contributed by atoms with E-state index in [1.807, 2.05) is 0 Å². The molecule has 0 bridgehead atoms. The number of nitrogens with zero attached hydrogens (tertiary/aromatic N) is 2. The summed E-state index contributed by atoms with van der Waals surface area (Å²) in [7, 11) is -0.561. The molecule has 0 atom stereocenters. The summed E-state index contributed by atoms with van der Waals surface area (Å²) >= 11 is 5.92. The maximum Gasteiger partial charge on any atom is 0.271 e. The highest BCUT2D eigenvalue weighted by atomic mass is 35.5. The van der Waals surface area contributed by atoms with E-state index in [0.717, 1.165) is 4.31 Å². The Kier molecular flexibility index (Phi) is 6.41. The second-order valence-corrected chi connectivity index (χ2v) is 7.89. The normalized spacial score (nSPS) is 11.4. The van der Waals surface area contributed by atoms with Crippen molar-refractivity contribution in [3.63, 3.8) is 0 Å². The second kappa shape index (κ2) is 8.35. The molecule has 0 heterocycles. The first-order valence-corrected chi connectivity index (χ1v) is 9.26. The quantitative estimate of drug-likeness (QED) is 0.383. The van der Waals surface area contributed by atoms with Gasteiger partial charge in [0.15, 0.2) is 0 Å². The summed E-state index contributed by atoms with van der Waals surface area (Å²) in [5.41, 5.74) is -0.119. The van der Waals surface area contributed by atoms with Crippen LogP contribution in [0.4, 0.5) is 5.69 Å². The average Bonchev–Trinajstić information content (AvgIpc) is 2.59. The van der Waals surface area contributed by atoms with Crippen LogP contribution < -0.4 is 9.47 Å². The number of ether oxygens (including phenoxy) is 2. The molecule has 0 unspecified atom stereocenters. The Morgan fingerprint density at radius 2 is 1.69 bits per heavy atom. The van der Waals surface area contributed by atoms with E-state index >= 15 is 0 Å². The van der Waals surface area contributed by atoms with Gasteiger partial charge in [-0.05, 0) is 30.3 Å². The van der Waals surface area contributed by atoms with Gasteiger partial charge in [0.05, 0.1) is 14.8 Å². The molecule has 0 N–H and O–H groups in total. The van der Waals surface area contributed by atoms with E-state index in [2.05, 4.69) is 0 Å². The van der Waals surface area contributed by atoms with Crippen molar-refractivity contribution in [3.8, 4) is 11.5 Å². The molecule has 2 aromatic carbocycles. The molecule has 0 aliphatic carbocycles. The molecule has 0 aromatic heterocycles. The molecule has 10 heteroatoms. The van der Waals surface area contributed by atoms with Gasteiger partial charge < -0.3 is 9.47 Å². The van der Waals surface area contributed by atoms with Gasteiger partial charge in [-0.1, -0.05) is 11.6 Å². The van der Waals surface area contributed by atoms with E-state index in [1.165, 1.54) is 44.4 Å². The van der Waals surface area contributed by atoms with Gasteiger partial charge in [-0.3, -0.25) is 10.1 Å². The fraction of sp³-hybridized carbons (Fsp3) is 0.250. The van der Waals surface area contributed by atoms with Gasteiger partial charge in [0.25, 0.3) is 5.69 Å². The molecule has 0 saturated heterocycles. The van der Waals surface area contributed by atoms with Crippen molar-refractivity contribution in [2.45, 2.75) is 4.90 Å². The summed E-state index contributed by atoms with van der Waals surface area (Å²) in [6.45, 7) is 0.350. The van der Waals surface area contributed by atoms with Crippen molar-refractivity contribution in [1.29, 1.82) is 0 Å². The molecule has 2 rings (SSSR count). The maximum absolute atomic E-state index is 12.0. The molecule has 26 heavy (non-hydrogen) atoms. The monoisotopic (exact) mass is 400 g/mol. The van der Waals surface area contributed by atoms with Crippen molar-refractivity contribution >= 4 is 27.3 Å². The van der Waals surface area contributed by atoms with Crippen molar-refractivity contribution in [1.82, 2.24) is 4.31 Å². The standard InChI is InChI=1S/C16H17ClN2O6S/c1-18(2)26(22,23)14-6-4-13(5-7-14)24-9-10-25-16-8-3-12(19(20)21)11-15(16)17/h3-8,11H,9-10H2,1-2H3. The lowest BCUT2D eigenvalue weighted by atomic mass is 10.3. The Bertz CT molecular complexity index is 884. The maximum atomic E-state index is 12.0. The predicted octanol–water partition coefficient (Wildman–Crippen LogP) is 2.96. The van der Waals surface area contributed by atoms with Crippen molar-refractivity contribution in [2.24, 2.45) is 0 Å². The topological polar surface area (TPSA) is 99.0 Å². The fourth-order valence-electron chi connectivity index (χ4n) is 1.95. The third-order valence-corrected chi connectivity index (χ3v) is 5.46. The Morgan fingerprint density at radius 3 is 2.23 bits per heavy atom. The van der Waals surface area contributed by atoms with Crippen molar-refractivity contribution < 1.29 is 22.8 Å².